The van der Waals surface area contributed by atoms with Gasteiger partial charge in [-0.2, -0.15) is 8.78 Å². The van der Waals surface area contributed by atoms with E-state index in [0.29, 0.717) is 0 Å². The summed E-state index contributed by atoms with van der Waals surface area (Å²) < 4.78 is 69.3. The fourth-order valence-electron chi connectivity index (χ4n) is 0.470. The quantitative estimate of drug-likeness (QED) is 0.560. The summed E-state index contributed by atoms with van der Waals surface area (Å²) in [7, 11) is 0.425. The fraction of sp³-hybridized carbons (Fsp3) is 1.00. The van der Waals surface area contributed by atoms with Crippen LogP contribution >= 0.6 is 10.7 Å². The third kappa shape index (κ3) is 4.66. The van der Waals surface area contributed by atoms with Crippen molar-refractivity contribution in [1.82, 2.24) is 0 Å². The van der Waals surface area contributed by atoms with Gasteiger partial charge in [0.1, 0.15) is 0 Å². The second-order valence-corrected chi connectivity index (χ2v) is 5.48. The van der Waals surface area contributed by atoms with Crippen molar-refractivity contribution in [3.63, 3.8) is 0 Å². The molecule has 0 fully saturated rings. The Labute approximate surface area is 77.3 Å². The van der Waals surface area contributed by atoms with Gasteiger partial charge in [-0.05, 0) is 0 Å². The average molecular weight is 243 g/mol. The van der Waals surface area contributed by atoms with Gasteiger partial charge in [0.2, 0.25) is 9.05 Å². The molecule has 0 saturated heterocycles. The van der Waals surface area contributed by atoms with E-state index in [4.69, 9.17) is 0 Å². The molecular formula is C5H7ClF4O2S. The maximum atomic E-state index is 12.4. The zero-order valence-electron chi connectivity index (χ0n) is 6.53. The van der Waals surface area contributed by atoms with Gasteiger partial charge in [0.05, 0.1) is 5.75 Å². The molecule has 0 aliphatic heterocycles. The first-order valence-corrected chi connectivity index (χ1v) is 5.61. The number of hydrogen-bond donors (Lipinski definition) is 0. The van der Waals surface area contributed by atoms with Gasteiger partial charge in [0.25, 0.3) is 0 Å². The Hall–Kier alpha value is -0.0400. The van der Waals surface area contributed by atoms with Crippen LogP contribution in [0.25, 0.3) is 0 Å². The molecule has 0 heterocycles. The second kappa shape index (κ2) is 3.61. The van der Waals surface area contributed by atoms with Crippen LogP contribution < -0.4 is 0 Å². The summed E-state index contributed by atoms with van der Waals surface area (Å²) in [4.78, 5) is 0. The third-order valence-corrected chi connectivity index (χ3v) is 2.46. The first-order chi connectivity index (χ1) is 5.46. The van der Waals surface area contributed by atoms with E-state index >= 15 is 0 Å². The first kappa shape index (κ1) is 13.0. The molecule has 0 amide bonds. The minimum absolute atomic E-state index is 0.0217. The van der Waals surface area contributed by atoms with Gasteiger partial charge in [0, 0.05) is 24.0 Å². The van der Waals surface area contributed by atoms with E-state index < -0.39 is 33.1 Å². The lowest BCUT2D eigenvalue weighted by molar-refractivity contribution is -0.197. The largest absolute Gasteiger partial charge is 0.310 e. The van der Waals surface area contributed by atoms with E-state index in [0.717, 1.165) is 0 Å². The van der Waals surface area contributed by atoms with E-state index in [2.05, 4.69) is 10.7 Å². The van der Waals surface area contributed by atoms with Crippen molar-refractivity contribution < 1.29 is 26.0 Å². The lowest BCUT2D eigenvalue weighted by Crippen LogP contribution is -2.38. The van der Waals surface area contributed by atoms with E-state index in [1.807, 2.05) is 0 Å². The summed E-state index contributed by atoms with van der Waals surface area (Å²) >= 11 is 0. The van der Waals surface area contributed by atoms with Crippen LogP contribution in [-0.2, 0) is 9.05 Å². The minimum Gasteiger partial charge on any atom is -0.212 e. The van der Waals surface area contributed by atoms with Crippen molar-refractivity contribution in [2.24, 2.45) is 0 Å². The van der Waals surface area contributed by atoms with Crippen molar-refractivity contribution in [2.75, 3.05) is 5.75 Å². The van der Waals surface area contributed by atoms with Crippen molar-refractivity contribution in [3.05, 3.63) is 0 Å². The Morgan fingerprint density at radius 2 is 1.62 bits per heavy atom. The molecule has 0 saturated carbocycles. The predicted molar refractivity (Wildman–Crippen MR) is 39.8 cm³/mol. The zero-order chi connectivity index (χ0) is 10.9. The van der Waals surface area contributed by atoms with E-state index in [1.165, 1.54) is 0 Å². The maximum absolute atomic E-state index is 12.4. The van der Waals surface area contributed by atoms with Gasteiger partial charge in [-0.3, -0.25) is 0 Å². The topological polar surface area (TPSA) is 34.1 Å². The molecule has 80 valence electrons. The van der Waals surface area contributed by atoms with Crippen molar-refractivity contribution >= 4 is 19.7 Å². The lowest BCUT2D eigenvalue weighted by Gasteiger charge is -2.22. The molecule has 0 N–H and O–H groups in total. The van der Waals surface area contributed by atoms with E-state index in [9.17, 15) is 26.0 Å². The Morgan fingerprint density at radius 3 is 1.85 bits per heavy atom. The number of halogens is 5. The molecule has 0 rings (SSSR count). The first-order valence-electron chi connectivity index (χ1n) is 3.14. The molecule has 0 spiro atoms. The molecule has 0 aliphatic rings. The molecular weight excluding hydrogens is 236 g/mol. The molecule has 0 aromatic rings. The number of alkyl halides is 4. The smallest absolute Gasteiger partial charge is 0.212 e. The highest BCUT2D eigenvalue weighted by molar-refractivity contribution is 8.13. The summed E-state index contributed by atoms with van der Waals surface area (Å²) in [6, 6.07) is 0. The fourth-order valence-corrected chi connectivity index (χ4v) is 1.20. The molecule has 0 aromatic carbocycles. The second-order valence-electron chi connectivity index (χ2n) is 2.59. The third-order valence-electron chi connectivity index (χ3n) is 1.30. The van der Waals surface area contributed by atoms with Crippen LogP contribution in [0.5, 0.6) is 0 Å². The highest BCUT2D eigenvalue weighted by Gasteiger charge is 2.51. The summed E-state index contributed by atoms with van der Waals surface area (Å²) in [5.74, 6) is -9.77. The molecule has 0 bridgehead atoms. The highest BCUT2D eigenvalue weighted by atomic mass is 35.7. The van der Waals surface area contributed by atoms with Gasteiger partial charge in [-0.25, -0.2) is 17.2 Å². The molecule has 2 nitrogen and oxygen atoms in total. The molecule has 8 heteroatoms. The summed E-state index contributed by atoms with van der Waals surface area (Å²) in [6.45, 7) is 0.0217. The molecule has 0 aliphatic carbocycles. The van der Waals surface area contributed by atoms with Crippen LogP contribution in [0.2, 0.25) is 0 Å². The van der Waals surface area contributed by atoms with Gasteiger partial charge >= 0.3 is 11.8 Å². The standard InChI is InChI=1S/C5H7ClF4O2S/c1-4(7,8)5(9,10)2-3-13(6,11)12/h2-3H2,1H3. The predicted octanol–water partition coefficient (Wildman–Crippen LogP) is 2.24. The molecule has 0 radical (unpaired) electrons. The zero-order valence-corrected chi connectivity index (χ0v) is 8.10. The number of hydrogen-bond acceptors (Lipinski definition) is 2. The minimum atomic E-state index is -4.35. The summed E-state index contributed by atoms with van der Waals surface area (Å²) in [6.07, 6.45) is -1.48. The van der Waals surface area contributed by atoms with Gasteiger partial charge < -0.3 is 0 Å². The van der Waals surface area contributed by atoms with Crippen LogP contribution in [0.1, 0.15) is 13.3 Å². The van der Waals surface area contributed by atoms with Gasteiger partial charge in [0.15, 0.2) is 0 Å². The van der Waals surface area contributed by atoms with Crippen molar-refractivity contribution in [2.45, 2.75) is 25.2 Å². The van der Waals surface area contributed by atoms with Crippen LogP contribution in [0.15, 0.2) is 0 Å². The molecule has 13 heavy (non-hydrogen) atoms. The Morgan fingerprint density at radius 1 is 1.23 bits per heavy atom. The van der Waals surface area contributed by atoms with Crippen LogP contribution in [0, 0.1) is 0 Å². The highest BCUT2D eigenvalue weighted by Crippen LogP contribution is 2.36. The van der Waals surface area contributed by atoms with Crippen LogP contribution in [0.4, 0.5) is 17.6 Å². The Kier molecular flexibility index (Phi) is 3.59. The molecule has 0 atom stereocenters. The Balaban J connectivity index is 4.38. The van der Waals surface area contributed by atoms with Gasteiger partial charge in [-0.1, -0.05) is 0 Å². The SMILES string of the molecule is CC(F)(F)C(F)(F)CCS(=O)(=O)Cl. The number of rotatable bonds is 4. The van der Waals surface area contributed by atoms with Crippen LogP contribution in [0.3, 0.4) is 0 Å². The van der Waals surface area contributed by atoms with Crippen molar-refractivity contribution in [3.8, 4) is 0 Å². The van der Waals surface area contributed by atoms with E-state index in [-0.39, 0.29) is 6.92 Å². The molecule has 0 unspecified atom stereocenters. The summed E-state index contributed by atoms with van der Waals surface area (Å²) in [5, 5.41) is 0. The average Bonchev–Trinajstić information content (AvgIpc) is 1.79. The Bertz CT molecular complexity index is 269. The van der Waals surface area contributed by atoms with Crippen LogP contribution in [-0.4, -0.2) is 26.0 Å². The van der Waals surface area contributed by atoms with E-state index in [1.54, 1.807) is 0 Å². The van der Waals surface area contributed by atoms with Gasteiger partial charge in [-0.15, -0.1) is 0 Å². The normalized spacial score (nSPS) is 14.6. The van der Waals surface area contributed by atoms with Crippen molar-refractivity contribution in [1.29, 1.82) is 0 Å². The summed E-state index contributed by atoms with van der Waals surface area (Å²) in [5.41, 5.74) is 0. The molecule has 0 aromatic heterocycles. The monoisotopic (exact) mass is 242 g/mol. The lowest BCUT2D eigenvalue weighted by atomic mass is 10.1. The maximum Gasteiger partial charge on any atom is 0.310 e.